The topological polar surface area (TPSA) is 48.5 Å². The highest BCUT2D eigenvalue weighted by atomic mass is 35.5. The first-order valence-electron chi connectivity index (χ1n) is 9.33. The number of nitrogens with one attached hydrogen (secondary N) is 1. The van der Waals surface area contributed by atoms with Crippen LogP contribution < -0.4 is 10.2 Å². The molecular weight excluding hydrogens is 402 g/mol. The molecule has 0 aliphatic carbocycles. The molecule has 2 atom stereocenters. The Bertz CT molecular complexity index is 890. The van der Waals surface area contributed by atoms with E-state index in [-0.39, 0.29) is 23.9 Å². The van der Waals surface area contributed by atoms with Gasteiger partial charge in [0.1, 0.15) is 5.82 Å². The highest BCUT2D eigenvalue weighted by Gasteiger charge is 2.40. The number of urea groups is 1. The third-order valence-corrected chi connectivity index (χ3v) is 6.14. The average molecular weight is 423 g/mol. The van der Waals surface area contributed by atoms with Crippen molar-refractivity contribution >= 4 is 40.6 Å². The number of fused-ring (bicyclic) bond motifs is 2. The van der Waals surface area contributed by atoms with Crippen molar-refractivity contribution < 1.29 is 9.18 Å². The van der Waals surface area contributed by atoms with E-state index in [4.69, 9.17) is 23.2 Å². The Morgan fingerprint density at radius 3 is 2.61 bits per heavy atom. The SMILES string of the molecule is Cc1ccc(NC(=O)N2C3CCC2CN(c2c(Cl)cncc2Cl)CC3)cc1F. The molecule has 0 radical (unpaired) electrons. The van der Waals surface area contributed by atoms with E-state index in [1.54, 1.807) is 31.5 Å². The maximum absolute atomic E-state index is 13.8. The molecule has 3 heterocycles. The number of pyridine rings is 1. The number of carbonyl (C=O) groups is 1. The van der Waals surface area contributed by atoms with E-state index in [1.807, 2.05) is 4.90 Å². The molecule has 4 rings (SSSR count). The average Bonchev–Trinajstić information content (AvgIpc) is 2.94. The van der Waals surface area contributed by atoms with Crippen LogP contribution in [0.3, 0.4) is 0 Å². The van der Waals surface area contributed by atoms with E-state index >= 15 is 0 Å². The summed E-state index contributed by atoms with van der Waals surface area (Å²) in [5, 5.41) is 3.87. The molecule has 0 saturated carbocycles. The largest absolute Gasteiger partial charge is 0.367 e. The van der Waals surface area contributed by atoms with Crippen LogP contribution in [0.2, 0.25) is 10.0 Å². The smallest absolute Gasteiger partial charge is 0.322 e. The van der Waals surface area contributed by atoms with Crippen LogP contribution in [-0.2, 0) is 0 Å². The van der Waals surface area contributed by atoms with Crippen LogP contribution in [0.15, 0.2) is 30.6 Å². The van der Waals surface area contributed by atoms with Crippen LogP contribution in [0.1, 0.15) is 24.8 Å². The van der Waals surface area contributed by atoms with Gasteiger partial charge in [-0.3, -0.25) is 4.98 Å². The highest BCUT2D eigenvalue weighted by Crippen LogP contribution is 2.38. The predicted molar refractivity (Wildman–Crippen MR) is 110 cm³/mol. The molecule has 0 spiro atoms. The van der Waals surface area contributed by atoms with E-state index in [2.05, 4.69) is 15.2 Å². The summed E-state index contributed by atoms with van der Waals surface area (Å²) < 4.78 is 13.8. The maximum atomic E-state index is 13.8. The minimum absolute atomic E-state index is 0.0445. The summed E-state index contributed by atoms with van der Waals surface area (Å²) in [6.45, 7) is 3.10. The summed E-state index contributed by atoms with van der Waals surface area (Å²) in [4.78, 5) is 21.0. The van der Waals surface area contributed by atoms with Gasteiger partial charge in [-0.2, -0.15) is 0 Å². The van der Waals surface area contributed by atoms with Gasteiger partial charge >= 0.3 is 6.03 Å². The Balaban J connectivity index is 1.53. The maximum Gasteiger partial charge on any atom is 0.322 e. The summed E-state index contributed by atoms with van der Waals surface area (Å²) in [7, 11) is 0. The van der Waals surface area contributed by atoms with Crippen molar-refractivity contribution in [3.63, 3.8) is 0 Å². The molecule has 1 aromatic carbocycles. The van der Waals surface area contributed by atoms with Crippen molar-refractivity contribution in [2.75, 3.05) is 23.3 Å². The van der Waals surface area contributed by atoms with Gasteiger partial charge in [0.2, 0.25) is 0 Å². The molecule has 2 amide bonds. The fraction of sp³-hybridized carbons (Fsp3) is 0.400. The predicted octanol–water partition coefficient (Wildman–Crippen LogP) is 5.11. The van der Waals surface area contributed by atoms with Crippen LogP contribution in [-0.4, -0.2) is 41.1 Å². The van der Waals surface area contributed by atoms with E-state index in [0.29, 0.717) is 27.8 Å². The van der Waals surface area contributed by atoms with Crippen LogP contribution in [0.5, 0.6) is 0 Å². The molecule has 2 bridgehead atoms. The number of rotatable bonds is 2. The number of hydrogen-bond acceptors (Lipinski definition) is 3. The summed E-state index contributed by atoms with van der Waals surface area (Å²) in [6, 6.07) is 4.74. The third-order valence-electron chi connectivity index (χ3n) is 5.59. The Morgan fingerprint density at radius 2 is 1.89 bits per heavy atom. The lowest BCUT2D eigenvalue weighted by atomic mass is 10.1. The van der Waals surface area contributed by atoms with Gasteiger partial charge in [-0.05, 0) is 43.9 Å². The van der Waals surface area contributed by atoms with Gasteiger partial charge in [0.05, 0.1) is 21.8 Å². The van der Waals surface area contributed by atoms with Gasteiger partial charge in [-0.25, -0.2) is 9.18 Å². The van der Waals surface area contributed by atoms with Gasteiger partial charge in [0.15, 0.2) is 0 Å². The van der Waals surface area contributed by atoms with Gasteiger partial charge in [-0.15, -0.1) is 0 Å². The summed E-state index contributed by atoms with van der Waals surface area (Å²) in [6.07, 6.45) is 5.87. The zero-order chi connectivity index (χ0) is 19.8. The second kappa shape index (κ2) is 7.76. The fourth-order valence-electron chi connectivity index (χ4n) is 4.17. The van der Waals surface area contributed by atoms with E-state index in [0.717, 1.165) is 31.5 Å². The van der Waals surface area contributed by atoms with Crippen LogP contribution in [0.25, 0.3) is 0 Å². The van der Waals surface area contributed by atoms with E-state index < -0.39 is 0 Å². The molecule has 2 unspecified atom stereocenters. The molecule has 2 saturated heterocycles. The number of aryl methyl sites for hydroxylation is 1. The summed E-state index contributed by atoms with van der Waals surface area (Å²) in [5.74, 6) is -0.329. The molecule has 5 nitrogen and oxygen atoms in total. The number of aromatic nitrogens is 1. The zero-order valence-electron chi connectivity index (χ0n) is 15.5. The second-order valence-corrected chi connectivity index (χ2v) is 8.19. The number of carbonyl (C=O) groups excluding carboxylic acids is 1. The molecule has 148 valence electrons. The molecule has 28 heavy (non-hydrogen) atoms. The van der Waals surface area contributed by atoms with Crippen molar-refractivity contribution in [2.24, 2.45) is 0 Å². The molecule has 2 fully saturated rings. The number of halogens is 3. The number of benzene rings is 1. The van der Waals surface area contributed by atoms with Crippen LogP contribution in [0, 0.1) is 12.7 Å². The molecule has 8 heteroatoms. The Hall–Kier alpha value is -2.05. The van der Waals surface area contributed by atoms with Gasteiger partial charge in [0, 0.05) is 37.2 Å². The lowest BCUT2D eigenvalue weighted by Crippen LogP contribution is -2.45. The van der Waals surface area contributed by atoms with Crippen molar-refractivity contribution in [3.05, 3.63) is 52.0 Å². The van der Waals surface area contributed by atoms with Crippen molar-refractivity contribution in [3.8, 4) is 0 Å². The number of hydrogen-bond donors (Lipinski definition) is 1. The standard InChI is InChI=1S/C20H21Cl2FN4O/c1-12-2-3-13(8-18(12)23)25-20(28)27-14-4-5-15(27)11-26(7-6-14)19-16(21)9-24-10-17(19)22/h2-3,8-10,14-15H,4-7,11H2,1H3,(H,25,28). The number of amides is 2. The minimum Gasteiger partial charge on any atom is -0.367 e. The second-order valence-electron chi connectivity index (χ2n) is 7.37. The van der Waals surface area contributed by atoms with Gasteiger partial charge in [-0.1, -0.05) is 29.3 Å². The number of anilines is 2. The summed E-state index contributed by atoms with van der Waals surface area (Å²) in [5.41, 5.74) is 1.79. The lowest BCUT2D eigenvalue weighted by Gasteiger charge is -2.30. The molecule has 2 aromatic rings. The van der Waals surface area contributed by atoms with E-state index in [1.165, 1.54) is 6.07 Å². The molecule has 1 aromatic heterocycles. The summed E-state index contributed by atoms with van der Waals surface area (Å²) >= 11 is 12.7. The zero-order valence-corrected chi connectivity index (χ0v) is 17.0. The first-order chi connectivity index (χ1) is 13.4. The monoisotopic (exact) mass is 422 g/mol. The molecular formula is C20H21Cl2FN4O. The van der Waals surface area contributed by atoms with Gasteiger partial charge in [0.25, 0.3) is 0 Å². The van der Waals surface area contributed by atoms with E-state index in [9.17, 15) is 9.18 Å². The third kappa shape index (κ3) is 3.63. The first kappa shape index (κ1) is 19.3. The van der Waals surface area contributed by atoms with Crippen LogP contribution >= 0.6 is 23.2 Å². The first-order valence-corrected chi connectivity index (χ1v) is 10.1. The fourth-order valence-corrected chi connectivity index (χ4v) is 4.78. The Kier molecular flexibility index (Phi) is 5.34. The molecule has 1 N–H and O–H groups in total. The number of nitrogens with zero attached hydrogens (tertiary/aromatic N) is 3. The Morgan fingerprint density at radius 1 is 1.18 bits per heavy atom. The molecule has 2 aliphatic rings. The Labute approximate surface area is 173 Å². The van der Waals surface area contributed by atoms with Gasteiger partial charge < -0.3 is 15.1 Å². The van der Waals surface area contributed by atoms with Crippen molar-refractivity contribution in [1.29, 1.82) is 0 Å². The quantitative estimate of drug-likeness (QED) is 0.730. The highest BCUT2D eigenvalue weighted by molar-refractivity contribution is 6.38. The molecule has 2 aliphatic heterocycles. The minimum atomic E-state index is -0.329. The normalized spacial score (nSPS) is 21.6. The van der Waals surface area contributed by atoms with Crippen LogP contribution in [0.4, 0.5) is 20.6 Å². The van der Waals surface area contributed by atoms with Crippen molar-refractivity contribution in [2.45, 2.75) is 38.3 Å². The van der Waals surface area contributed by atoms with Crippen molar-refractivity contribution in [1.82, 2.24) is 9.88 Å². The lowest BCUT2D eigenvalue weighted by molar-refractivity contribution is 0.190.